The van der Waals surface area contributed by atoms with Gasteiger partial charge in [-0.2, -0.15) is 23.5 Å². The third-order valence-corrected chi connectivity index (χ3v) is 6.64. The Kier molecular flexibility index (Phi) is 5.19. The SMILES string of the molecule is N#Cc1cnc2c(c1)CCCC2Nc1ccc2c(c1)c(C(F)(F)F)nn2PI. The summed E-state index contributed by atoms with van der Waals surface area (Å²) < 4.78 is 41.6. The fourth-order valence-corrected chi connectivity index (χ4v) is 5.08. The molecule has 2 unspecified atom stereocenters. The summed E-state index contributed by atoms with van der Waals surface area (Å²) in [5, 5.41) is 16.2. The number of halogens is 4. The summed E-state index contributed by atoms with van der Waals surface area (Å²) in [4.78, 5) is 4.42. The van der Waals surface area contributed by atoms with Crippen molar-refractivity contribution in [2.24, 2.45) is 0 Å². The summed E-state index contributed by atoms with van der Waals surface area (Å²) in [6, 6.07) is 8.78. The van der Waals surface area contributed by atoms with Crippen molar-refractivity contribution in [3.63, 3.8) is 0 Å². The second-order valence-electron chi connectivity index (χ2n) is 6.54. The zero-order valence-electron chi connectivity index (χ0n) is 14.4. The van der Waals surface area contributed by atoms with E-state index in [0.717, 1.165) is 30.5 Å². The smallest absolute Gasteiger partial charge is 0.377 e. The lowest BCUT2D eigenvalue weighted by Gasteiger charge is -2.26. The molecule has 4 rings (SSSR count). The van der Waals surface area contributed by atoms with Crippen molar-refractivity contribution in [2.75, 3.05) is 5.32 Å². The molecule has 1 aliphatic rings. The van der Waals surface area contributed by atoms with Gasteiger partial charge in [-0.05, 0) is 71.1 Å². The number of aromatic nitrogens is 3. The highest BCUT2D eigenvalue weighted by Gasteiger charge is 2.37. The van der Waals surface area contributed by atoms with Crippen LogP contribution in [0, 0.1) is 11.3 Å². The summed E-state index contributed by atoms with van der Waals surface area (Å²) in [6.07, 6.45) is -0.304. The van der Waals surface area contributed by atoms with Crippen LogP contribution in [-0.2, 0) is 12.6 Å². The van der Waals surface area contributed by atoms with Crippen LogP contribution < -0.4 is 5.32 Å². The predicted molar refractivity (Wildman–Crippen MR) is 111 cm³/mol. The number of nitrogens with zero attached hydrogens (tertiary/aromatic N) is 4. The van der Waals surface area contributed by atoms with Gasteiger partial charge in [0.15, 0.2) is 5.69 Å². The molecule has 0 radical (unpaired) electrons. The number of alkyl halides is 3. The highest BCUT2D eigenvalue weighted by Crippen LogP contribution is 2.39. The van der Waals surface area contributed by atoms with Crippen molar-refractivity contribution >= 4 is 45.0 Å². The number of hydrogen-bond acceptors (Lipinski definition) is 4. The lowest BCUT2D eigenvalue weighted by Crippen LogP contribution is -2.19. The third-order valence-electron chi connectivity index (χ3n) is 4.77. The summed E-state index contributed by atoms with van der Waals surface area (Å²) in [6.45, 7) is 0. The van der Waals surface area contributed by atoms with Crippen LogP contribution in [-0.4, -0.2) is 14.5 Å². The van der Waals surface area contributed by atoms with Crippen molar-refractivity contribution < 1.29 is 13.2 Å². The minimum atomic E-state index is -4.51. The largest absolute Gasteiger partial charge is 0.435 e. The van der Waals surface area contributed by atoms with Crippen LogP contribution >= 0.6 is 28.4 Å². The molecule has 0 spiro atoms. The molecule has 28 heavy (non-hydrogen) atoms. The summed E-state index contributed by atoms with van der Waals surface area (Å²) in [5.41, 5.74) is 2.58. The quantitative estimate of drug-likeness (QED) is 0.364. The molecular formula is C18H14F3IN5P. The molecule has 2 atom stereocenters. The first-order valence-corrected chi connectivity index (χ1v) is 12.6. The summed E-state index contributed by atoms with van der Waals surface area (Å²) >= 11 is 2.02. The van der Waals surface area contributed by atoms with Crippen molar-refractivity contribution in [3.8, 4) is 6.07 Å². The molecule has 5 nitrogen and oxygen atoms in total. The Morgan fingerprint density at radius 1 is 1.32 bits per heavy atom. The Hall–Kier alpha value is -1.92. The average Bonchev–Trinajstić information content (AvgIpc) is 3.06. The van der Waals surface area contributed by atoms with Crippen LogP contribution in [0.1, 0.15) is 41.4 Å². The number of aryl methyl sites for hydroxylation is 1. The number of rotatable bonds is 3. The molecule has 0 aliphatic heterocycles. The Morgan fingerprint density at radius 3 is 2.86 bits per heavy atom. The van der Waals surface area contributed by atoms with E-state index in [4.69, 9.17) is 5.26 Å². The van der Waals surface area contributed by atoms with Crippen molar-refractivity contribution in [3.05, 3.63) is 53.0 Å². The van der Waals surface area contributed by atoms with E-state index in [0.29, 0.717) is 16.8 Å². The van der Waals surface area contributed by atoms with Crippen LogP contribution in [0.5, 0.6) is 0 Å². The molecule has 0 amide bonds. The van der Waals surface area contributed by atoms with E-state index in [2.05, 4.69) is 21.5 Å². The molecule has 10 heteroatoms. The highest BCUT2D eigenvalue weighted by atomic mass is 127. The van der Waals surface area contributed by atoms with Crippen molar-refractivity contribution in [1.29, 1.82) is 5.26 Å². The van der Waals surface area contributed by atoms with Gasteiger partial charge in [-0.15, -0.1) is 0 Å². The number of anilines is 1. The first-order chi connectivity index (χ1) is 13.4. The first-order valence-electron chi connectivity index (χ1n) is 8.53. The van der Waals surface area contributed by atoms with E-state index in [1.165, 1.54) is 16.7 Å². The van der Waals surface area contributed by atoms with Gasteiger partial charge in [0.05, 0.1) is 29.2 Å². The molecule has 2 heterocycles. The predicted octanol–water partition coefficient (Wildman–Crippen LogP) is 5.60. The molecule has 1 aromatic carbocycles. The Balaban J connectivity index is 1.71. The normalized spacial score (nSPS) is 17.0. The van der Waals surface area contributed by atoms with Crippen molar-refractivity contribution in [2.45, 2.75) is 31.5 Å². The van der Waals surface area contributed by atoms with E-state index in [1.807, 2.05) is 28.1 Å². The number of benzene rings is 1. The van der Waals surface area contributed by atoms with Gasteiger partial charge in [-0.1, -0.05) is 0 Å². The number of nitrogens with one attached hydrogen (secondary N) is 1. The molecule has 1 N–H and O–H groups in total. The van der Waals surface area contributed by atoms with E-state index in [9.17, 15) is 13.2 Å². The molecule has 1 aliphatic carbocycles. The Morgan fingerprint density at radius 2 is 2.14 bits per heavy atom. The van der Waals surface area contributed by atoms with Crippen LogP contribution in [0.15, 0.2) is 30.5 Å². The third kappa shape index (κ3) is 3.55. The van der Waals surface area contributed by atoms with Gasteiger partial charge in [0.2, 0.25) is 0 Å². The maximum atomic E-state index is 13.4. The number of hydrogen-bond donors (Lipinski definition) is 1. The van der Waals surface area contributed by atoms with E-state index >= 15 is 0 Å². The molecule has 0 saturated heterocycles. The highest BCUT2D eigenvalue weighted by molar-refractivity contribution is 14.2. The number of pyridine rings is 1. The Bertz CT molecular complexity index is 1090. The molecular weight excluding hydrogens is 501 g/mol. The Labute approximate surface area is 173 Å². The molecule has 3 aromatic rings. The summed E-state index contributed by atoms with van der Waals surface area (Å²) in [7, 11) is 0. The van der Waals surface area contributed by atoms with Gasteiger partial charge in [0.1, 0.15) is 6.07 Å². The van der Waals surface area contributed by atoms with E-state index in [1.54, 1.807) is 12.1 Å². The number of fused-ring (bicyclic) bond motifs is 2. The second-order valence-corrected chi connectivity index (χ2v) is 8.58. The fraction of sp³-hybridized carbons (Fsp3) is 0.278. The average molecular weight is 515 g/mol. The summed E-state index contributed by atoms with van der Waals surface area (Å²) in [5.74, 6) is 0. The lowest BCUT2D eigenvalue weighted by molar-refractivity contribution is -0.140. The van der Waals surface area contributed by atoms with E-state index < -0.39 is 11.9 Å². The molecule has 0 saturated carbocycles. The van der Waals surface area contributed by atoms with Gasteiger partial charge in [-0.25, -0.2) is 4.45 Å². The van der Waals surface area contributed by atoms with Gasteiger partial charge in [0, 0.05) is 17.3 Å². The molecule has 144 valence electrons. The first kappa shape index (κ1) is 19.4. The zero-order chi connectivity index (χ0) is 19.9. The molecule has 0 fully saturated rings. The van der Waals surface area contributed by atoms with Gasteiger partial charge in [0.25, 0.3) is 0 Å². The molecule has 2 aromatic heterocycles. The minimum absolute atomic E-state index is 0.0789. The van der Waals surface area contributed by atoms with Crippen LogP contribution in [0.3, 0.4) is 0 Å². The van der Waals surface area contributed by atoms with Crippen molar-refractivity contribution in [1.82, 2.24) is 14.5 Å². The lowest BCUT2D eigenvalue weighted by atomic mass is 9.91. The minimum Gasteiger partial charge on any atom is -0.377 e. The second kappa shape index (κ2) is 7.48. The van der Waals surface area contributed by atoms with Gasteiger partial charge in [-0.3, -0.25) is 4.98 Å². The topological polar surface area (TPSA) is 66.5 Å². The fourth-order valence-electron chi connectivity index (χ4n) is 3.55. The van der Waals surface area contributed by atoms with Crippen LogP contribution in [0.4, 0.5) is 18.9 Å². The zero-order valence-corrected chi connectivity index (χ0v) is 17.5. The van der Waals surface area contributed by atoms with Gasteiger partial charge >= 0.3 is 6.18 Å². The number of nitriles is 1. The van der Waals surface area contributed by atoms with Gasteiger partial charge < -0.3 is 5.32 Å². The van der Waals surface area contributed by atoms with Crippen LogP contribution in [0.25, 0.3) is 10.9 Å². The standard InChI is InChI=1S/C18H14F3IN5P/c19-18(20,21)17-13-7-12(4-5-15(13)27(26-17)28-22)25-14-3-1-2-11-6-10(8-23)9-24-16(11)14/h4-7,9,14,25,28H,1-3H2. The van der Waals surface area contributed by atoms with E-state index in [-0.39, 0.29) is 17.8 Å². The van der Waals surface area contributed by atoms with Crippen LogP contribution in [0.2, 0.25) is 0 Å². The monoisotopic (exact) mass is 515 g/mol. The molecule has 0 bridgehead atoms. The maximum absolute atomic E-state index is 13.4. The maximum Gasteiger partial charge on any atom is 0.435 e.